The first-order chi connectivity index (χ1) is 9.38. The van der Waals surface area contributed by atoms with Crippen LogP contribution in [0.2, 0.25) is 0 Å². The Hall–Kier alpha value is -1.82. The number of hydrogen-bond acceptors (Lipinski definition) is 0. The summed E-state index contributed by atoms with van der Waals surface area (Å²) in [6, 6.07) is 0. The SMILES string of the molecule is CCCC1=CC2=CC=CC3=CC=C4C=CCC1=C4C32. The molecule has 4 rings (SSSR count). The predicted octanol–water partition coefficient (Wildman–Crippen LogP) is 4.96. The van der Waals surface area contributed by atoms with Crippen LogP contribution >= 0.6 is 0 Å². The monoisotopic (exact) mass is 246 g/mol. The smallest absolute Gasteiger partial charge is 0.0348 e. The average Bonchev–Trinajstić information content (AvgIpc) is 2.46. The van der Waals surface area contributed by atoms with Crippen LogP contribution in [0.4, 0.5) is 0 Å². The van der Waals surface area contributed by atoms with Crippen LogP contribution in [0.3, 0.4) is 0 Å². The average molecular weight is 246 g/mol. The normalized spacial score (nSPS) is 26.5. The highest BCUT2D eigenvalue weighted by atomic mass is 14.4. The summed E-state index contributed by atoms with van der Waals surface area (Å²) in [7, 11) is 0. The third kappa shape index (κ3) is 1.53. The van der Waals surface area contributed by atoms with Gasteiger partial charge in [0.1, 0.15) is 0 Å². The van der Waals surface area contributed by atoms with E-state index in [1.807, 2.05) is 0 Å². The van der Waals surface area contributed by atoms with Gasteiger partial charge in [0.25, 0.3) is 0 Å². The van der Waals surface area contributed by atoms with Crippen LogP contribution in [0.15, 0.2) is 82.0 Å². The fraction of sp³-hybridized carbons (Fsp3) is 0.263. The number of hydrogen-bond donors (Lipinski definition) is 0. The van der Waals surface area contributed by atoms with Crippen LogP contribution in [0, 0.1) is 5.92 Å². The van der Waals surface area contributed by atoms with E-state index in [-0.39, 0.29) is 0 Å². The van der Waals surface area contributed by atoms with Gasteiger partial charge in [-0.25, -0.2) is 0 Å². The van der Waals surface area contributed by atoms with E-state index < -0.39 is 0 Å². The van der Waals surface area contributed by atoms with E-state index in [1.54, 1.807) is 16.7 Å². The molecule has 0 aromatic heterocycles. The van der Waals surface area contributed by atoms with Gasteiger partial charge in [-0.3, -0.25) is 0 Å². The molecule has 0 radical (unpaired) electrons. The van der Waals surface area contributed by atoms with Crippen LogP contribution in [0.25, 0.3) is 0 Å². The van der Waals surface area contributed by atoms with Gasteiger partial charge in [0.15, 0.2) is 0 Å². The summed E-state index contributed by atoms with van der Waals surface area (Å²) in [6.45, 7) is 2.27. The fourth-order valence-electron chi connectivity index (χ4n) is 3.71. The molecule has 0 saturated heterocycles. The summed E-state index contributed by atoms with van der Waals surface area (Å²) in [6.07, 6.45) is 21.9. The quantitative estimate of drug-likeness (QED) is 0.646. The molecule has 0 saturated carbocycles. The van der Waals surface area contributed by atoms with E-state index in [1.165, 1.54) is 29.6 Å². The lowest BCUT2D eigenvalue weighted by atomic mass is 9.67. The van der Waals surface area contributed by atoms with Crippen molar-refractivity contribution in [3.63, 3.8) is 0 Å². The van der Waals surface area contributed by atoms with Crippen molar-refractivity contribution in [2.24, 2.45) is 5.92 Å². The molecular weight excluding hydrogens is 228 g/mol. The summed E-state index contributed by atoms with van der Waals surface area (Å²) in [5.41, 5.74) is 9.11. The second kappa shape index (κ2) is 4.09. The van der Waals surface area contributed by atoms with E-state index in [4.69, 9.17) is 0 Å². The van der Waals surface area contributed by atoms with Crippen molar-refractivity contribution >= 4 is 0 Å². The highest BCUT2D eigenvalue weighted by Crippen LogP contribution is 2.49. The van der Waals surface area contributed by atoms with Crippen molar-refractivity contribution in [3.05, 3.63) is 82.0 Å². The van der Waals surface area contributed by atoms with Crippen molar-refractivity contribution in [1.29, 1.82) is 0 Å². The Bertz CT molecular complexity index is 654. The Labute approximate surface area is 114 Å². The third-order valence-electron chi connectivity index (χ3n) is 4.49. The minimum Gasteiger partial charge on any atom is -0.0795 e. The van der Waals surface area contributed by atoms with Crippen LogP contribution in [-0.4, -0.2) is 0 Å². The molecule has 0 nitrogen and oxygen atoms in total. The van der Waals surface area contributed by atoms with Gasteiger partial charge in [-0.1, -0.05) is 62.0 Å². The van der Waals surface area contributed by atoms with E-state index >= 15 is 0 Å². The lowest BCUT2D eigenvalue weighted by molar-refractivity contribution is 0.796. The van der Waals surface area contributed by atoms with Crippen molar-refractivity contribution in [2.75, 3.05) is 0 Å². The van der Waals surface area contributed by atoms with Crippen LogP contribution in [0.1, 0.15) is 26.2 Å². The van der Waals surface area contributed by atoms with Gasteiger partial charge in [-0.05, 0) is 46.3 Å². The Morgan fingerprint density at radius 1 is 1.11 bits per heavy atom. The van der Waals surface area contributed by atoms with Gasteiger partial charge in [-0.2, -0.15) is 0 Å². The topological polar surface area (TPSA) is 0 Å². The first-order valence-corrected chi connectivity index (χ1v) is 7.29. The molecule has 0 aliphatic heterocycles. The van der Waals surface area contributed by atoms with Crippen molar-refractivity contribution in [1.82, 2.24) is 0 Å². The molecule has 0 N–H and O–H groups in total. The standard InChI is InChI=1S/C19H18/c1-2-5-15-12-16-8-3-6-13-10-11-14-7-4-9-17(15)19(14)18(13)16/h3-4,6-8,10-12,18H,2,5,9H2,1H3. The Morgan fingerprint density at radius 2 is 2.05 bits per heavy atom. The van der Waals surface area contributed by atoms with Crippen molar-refractivity contribution < 1.29 is 0 Å². The van der Waals surface area contributed by atoms with Gasteiger partial charge in [0, 0.05) is 5.92 Å². The molecule has 0 spiro atoms. The van der Waals surface area contributed by atoms with Gasteiger partial charge < -0.3 is 0 Å². The zero-order valence-electron chi connectivity index (χ0n) is 11.3. The third-order valence-corrected chi connectivity index (χ3v) is 4.49. The van der Waals surface area contributed by atoms with E-state index in [2.05, 4.69) is 55.5 Å². The minimum absolute atomic E-state index is 0.505. The maximum absolute atomic E-state index is 2.45. The summed E-state index contributed by atoms with van der Waals surface area (Å²) < 4.78 is 0. The van der Waals surface area contributed by atoms with E-state index in [0.717, 1.165) is 6.42 Å². The second-order valence-corrected chi connectivity index (χ2v) is 5.67. The first kappa shape index (κ1) is 11.0. The molecule has 0 aromatic rings. The molecule has 4 aliphatic carbocycles. The predicted molar refractivity (Wildman–Crippen MR) is 80.7 cm³/mol. The van der Waals surface area contributed by atoms with Gasteiger partial charge >= 0.3 is 0 Å². The molecule has 0 amide bonds. The largest absolute Gasteiger partial charge is 0.0795 e. The van der Waals surface area contributed by atoms with Gasteiger partial charge in [-0.15, -0.1) is 0 Å². The molecule has 0 heteroatoms. The highest BCUT2D eigenvalue weighted by molar-refractivity contribution is 5.69. The van der Waals surface area contributed by atoms with E-state index in [0.29, 0.717) is 5.92 Å². The Balaban J connectivity index is 1.95. The maximum Gasteiger partial charge on any atom is 0.0348 e. The summed E-state index contributed by atoms with van der Waals surface area (Å²) in [5, 5.41) is 0. The Morgan fingerprint density at radius 3 is 2.95 bits per heavy atom. The first-order valence-electron chi connectivity index (χ1n) is 7.29. The molecule has 19 heavy (non-hydrogen) atoms. The van der Waals surface area contributed by atoms with Gasteiger partial charge in [0.2, 0.25) is 0 Å². The number of allylic oxidation sites excluding steroid dienone is 14. The maximum atomic E-state index is 2.45. The molecule has 4 aliphatic rings. The van der Waals surface area contributed by atoms with Crippen LogP contribution in [0.5, 0.6) is 0 Å². The second-order valence-electron chi connectivity index (χ2n) is 5.67. The summed E-state index contributed by atoms with van der Waals surface area (Å²) in [4.78, 5) is 0. The molecule has 1 atom stereocenters. The van der Waals surface area contributed by atoms with Crippen LogP contribution < -0.4 is 0 Å². The molecule has 0 fully saturated rings. The summed E-state index contributed by atoms with van der Waals surface area (Å²) >= 11 is 0. The number of rotatable bonds is 2. The lowest BCUT2D eigenvalue weighted by Gasteiger charge is -2.37. The highest BCUT2D eigenvalue weighted by Gasteiger charge is 2.33. The van der Waals surface area contributed by atoms with Gasteiger partial charge in [0.05, 0.1) is 0 Å². The zero-order chi connectivity index (χ0) is 12.8. The van der Waals surface area contributed by atoms with Crippen LogP contribution in [-0.2, 0) is 0 Å². The molecule has 94 valence electrons. The molecule has 1 unspecified atom stereocenters. The molecule has 0 bridgehead atoms. The Kier molecular flexibility index (Phi) is 2.38. The molecular formula is C19H18. The summed E-state index contributed by atoms with van der Waals surface area (Å²) in [5.74, 6) is 0.505. The van der Waals surface area contributed by atoms with Crippen molar-refractivity contribution in [3.8, 4) is 0 Å². The lowest BCUT2D eigenvalue weighted by Crippen LogP contribution is -2.22. The zero-order valence-corrected chi connectivity index (χ0v) is 11.3. The minimum atomic E-state index is 0.505. The van der Waals surface area contributed by atoms with Crippen molar-refractivity contribution in [2.45, 2.75) is 26.2 Å². The fourth-order valence-corrected chi connectivity index (χ4v) is 3.71. The molecule has 0 heterocycles. The molecule has 0 aromatic carbocycles. The van der Waals surface area contributed by atoms with E-state index in [9.17, 15) is 0 Å².